The maximum Gasteiger partial charge on any atom is 0.159 e. The summed E-state index contributed by atoms with van der Waals surface area (Å²) in [6.45, 7) is 8.60. The van der Waals surface area contributed by atoms with Gasteiger partial charge in [-0.3, -0.25) is 9.58 Å². The van der Waals surface area contributed by atoms with Crippen molar-refractivity contribution in [2.75, 3.05) is 13.2 Å². The van der Waals surface area contributed by atoms with Gasteiger partial charge < -0.3 is 9.30 Å². The summed E-state index contributed by atoms with van der Waals surface area (Å²) < 4.78 is 10.1. The van der Waals surface area contributed by atoms with Crippen molar-refractivity contribution in [3.05, 3.63) is 29.1 Å². The van der Waals surface area contributed by atoms with E-state index in [0.29, 0.717) is 12.6 Å². The largest absolute Gasteiger partial charge is 0.373 e. The van der Waals surface area contributed by atoms with Crippen LogP contribution < -0.4 is 0 Å². The molecule has 0 radical (unpaired) electrons. The van der Waals surface area contributed by atoms with E-state index < -0.39 is 0 Å². The Bertz CT molecular complexity index is 732. The zero-order valence-corrected chi connectivity index (χ0v) is 15.5. The minimum Gasteiger partial charge on any atom is -0.373 e. The number of aryl methyl sites for hydroxylation is 2. The highest BCUT2D eigenvalue weighted by atomic mass is 16.5. The monoisotopic (exact) mass is 344 g/mol. The summed E-state index contributed by atoms with van der Waals surface area (Å²) in [7, 11) is 2.02. The first-order valence-corrected chi connectivity index (χ1v) is 9.32. The number of rotatable bonds is 6. The Balaban J connectivity index is 1.41. The van der Waals surface area contributed by atoms with E-state index in [1.807, 2.05) is 18.7 Å². The number of nitrogens with zero attached hydrogens (tertiary/aromatic N) is 6. The van der Waals surface area contributed by atoms with E-state index in [-0.39, 0.29) is 0 Å². The Morgan fingerprint density at radius 1 is 1.24 bits per heavy atom. The number of fused-ring (bicyclic) bond motifs is 1. The molecule has 7 heteroatoms. The van der Waals surface area contributed by atoms with Crippen LogP contribution in [0.2, 0.25) is 0 Å². The van der Waals surface area contributed by atoms with Crippen LogP contribution in [-0.2, 0) is 37.9 Å². The van der Waals surface area contributed by atoms with Gasteiger partial charge in [0.25, 0.3) is 0 Å². The third-order valence-electron chi connectivity index (χ3n) is 5.36. The molecule has 0 aromatic carbocycles. The van der Waals surface area contributed by atoms with Crippen LogP contribution in [0.4, 0.5) is 0 Å². The van der Waals surface area contributed by atoms with Gasteiger partial charge in [0.1, 0.15) is 12.4 Å². The van der Waals surface area contributed by atoms with Crippen LogP contribution in [0.1, 0.15) is 42.8 Å². The molecule has 136 valence electrons. The SMILES string of the molecule is Cc1cc(CN2CCn3c(COCC4CC4)nnc3CC2C)n(C)n1. The molecule has 3 heterocycles. The smallest absolute Gasteiger partial charge is 0.159 e. The van der Waals surface area contributed by atoms with E-state index in [2.05, 4.69) is 37.8 Å². The second kappa shape index (κ2) is 6.88. The highest BCUT2D eigenvalue weighted by Gasteiger charge is 2.25. The lowest BCUT2D eigenvalue weighted by atomic mass is 10.2. The molecule has 0 saturated heterocycles. The minimum atomic E-state index is 0.431. The van der Waals surface area contributed by atoms with Crippen LogP contribution in [0.15, 0.2) is 6.07 Å². The van der Waals surface area contributed by atoms with E-state index in [4.69, 9.17) is 4.74 Å². The molecule has 1 aliphatic heterocycles. The standard InChI is InChI=1S/C18H28N6O/c1-13-8-16(22(3)21-13)10-23-6-7-24-17(9-14(23)2)19-20-18(24)12-25-11-15-4-5-15/h8,14-15H,4-7,9-12H2,1-3H3. The highest BCUT2D eigenvalue weighted by molar-refractivity contribution is 5.09. The van der Waals surface area contributed by atoms with Crippen molar-refractivity contribution in [1.29, 1.82) is 0 Å². The van der Waals surface area contributed by atoms with Gasteiger partial charge in [0.15, 0.2) is 5.82 Å². The van der Waals surface area contributed by atoms with Crippen LogP contribution >= 0.6 is 0 Å². The van der Waals surface area contributed by atoms with Gasteiger partial charge >= 0.3 is 0 Å². The Labute approximate surface area is 149 Å². The summed E-state index contributed by atoms with van der Waals surface area (Å²) in [5.41, 5.74) is 2.34. The molecule has 0 N–H and O–H groups in total. The van der Waals surface area contributed by atoms with Gasteiger partial charge in [-0.2, -0.15) is 5.10 Å². The van der Waals surface area contributed by atoms with Crippen molar-refractivity contribution in [3.8, 4) is 0 Å². The maximum absolute atomic E-state index is 5.83. The normalized spacial score (nSPS) is 21.3. The molecule has 1 aliphatic carbocycles. The topological polar surface area (TPSA) is 61.0 Å². The summed E-state index contributed by atoms with van der Waals surface area (Å²) >= 11 is 0. The van der Waals surface area contributed by atoms with Gasteiger partial charge in [-0.25, -0.2) is 0 Å². The Morgan fingerprint density at radius 3 is 2.80 bits per heavy atom. The molecule has 4 rings (SSSR count). The number of aromatic nitrogens is 5. The average Bonchev–Trinajstić information content (AvgIpc) is 3.27. The van der Waals surface area contributed by atoms with E-state index in [0.717, 1.165) is 55.9 Å². The molecular weight excluding hydrogens is 316 g/mol. The molecule has 1 atom stereocenters. The number of ether oxygens (including phenoxy) is 1. The second-order valence-electron chi connectivity index (χ2n) is 7.57. The third-order valence-corrected chi connectivity index (χ3v) is 5.36. The molecule has 1 fully saturated rings. The average molecular weight is 344 g/mol. The van der Waals surface area contributed by atoms with Gasteiger partial charge in [-0.05, 0) is 38.7 Å². The molecular formula is C18H28N6O. The van der Waals surface area contributed by atoms with E-state index in [9.17, 15) is 0 Å². The summed E-state index contributed by atoms with van der Waals surface area (Å²) in [6, 6.07) is 2.61. The van der Waals surface area contributed by atoms with E-state index in [1.165, 1.54) is 18.5 Å². The van der Waals surface area contributed by atoms with Crippen molar-refractivity contribution in [1.82, 2.24) is 29.4 Å². The van der Waals surface area contributed by atoms with E-state index in [1.54, 1.807) is 0 Å². The fraction of sp³-hybridized carbons (Fsp3) is 0.722. The first kappa shape index (κ1) is 16.7. The van der Waals surface area contributed by atoms with Crippen molar-refractivity contribution in [2.45, 2.75) is 58.8 Å². The zero-order chi connectivity index (χ0) is 17.4. The highest BCUT2D eigenvalue weighted by Crippen LogP contribution is 2.29. The van der Waals surface area contributed by atoms with Crippen LogP contribution in [0.3, 0.4) is 0 Å². The number of hydrogen-bond donors (Lipinski definition) is 0. The Kier molecular flexibility index (Phi) is 4.60. The molecule has 0 amide bonds. The molecule has 0 spiro atoms. The van der Waals surface area contributed by atoms with Crippen molar-refractivity contribution in [2.24, 2.45) is 13.0 Å². The maximum atomic E-state index is 5.83. The minimum absolute atomic E-state index is 0.431. The first-order valence-electron chi connectivity index (χ1n) is 9.32. The van der Waals surface area contributed by atoms with Gasteiger partial charge in [0.2, 0.25) is 0 Å². The fourth-order valence-electron chi connectivity index (χ4n) is 3.59. The van der Waals surface area contributed by atoms with Gasteiger partial charge in [0, 0.05) is 45.8 Å². The molecule has 1 saturated carbocycles. The van der Waals surface area contributed by atoms with Crippen LogP contribution in [0.25, 0.3) is 0 Å². The Morgan fingerprint density at radius 2 is 2.08 bits per heavy atom. The molecule has 2 aromatic heterocycles. The second-order valence-corrected chi connectivity index (χ2v) is 7.57. The molecule has 2 aromatic rings. The summed E-state index contributed by atoms with van der Waals surface area (Å²) in [4.78, 5) is 2.51. The van der Waals surface area contributed by atoms with Crippen molar-refractivity contribution < 1.29 is 4.74 Å². The molecule has 0 bridgehead atoms. The summed E-state index contributed by atoms with van der Waals surface area (Å²) in [5.74, 6) is 2.84. The quantitative estimate of drug-likeness (QED) is 0.798. The lowest BCUT2D eigenvalue weighted by Gasteiger charge is -2.26. The van der Waals surface area contributed by atoms with Crippen LogP contribution in [0.5, 0.6) is 0 Å². The van der Waals surface area contributed by atoms with Crippen LogP contribution in [0, 0.1) is 12.8 Å². The fourth-order valence-corrected chi connectivity index (χ4v) is 3.59. The zero-order valence-electron chi connectivity index (χ0n) is 15.5. The lowest BCUT2D eigenvalue weighted by Crippen LogP contribution is -2.35. The molecule has 2 aliphatic rings. The van der Waals surface area contributed by atoms with Crippen molar-refractivity contribution in [3.63, 3.8) is 0 Å². The van der Waals surface area contributed by atoms with Gasteiger partial charge in [-0.15, -0.1) is 10.2 Å². The molecule has 25 heavy (non-hydrogen) atoms. The molecule has 7 nitrogen and oxygen atoms in total. The predicted octanol–water partition coefficient (Wildman–Crippen LogP) is 1.69. The van der Waals surface area contributed by atoms with Crippen molar-refractivity contribution >= 4 is 0 Å². The number of hydrogen-bond acceptors (Lipinski definition) is 5. The van der Waals surface area contributed by atoms with Gasteiger partial charge in [0.05, 0.1) is 11.4 Å². The van der Waals surface area contributed by atoms with Crippen LogP contribution in [-0.4, -0.2) is 48.6 Å². The summed E-state index contributed by atoms with van der Waals surface area (Å²) in [6.07, 6.45) is 3.56. The summed E-state index contributed by atoms with van der Waals surface area (Å²) in [5, 5.41) is 13.3. The third kappa shape index (κ3) is 3.77. The van der Waals surface area contributed by atoms with Gasteiger partial charge in [-0.1, -0.05) is 0 Å². The lowest BCUT2D eigenvalue weighted by molar-refractivity contribution is 0.103. The predicted molar refractivity (Wildman–Crippen MR) is 93.9 cm³/mol. The first-order chi connectivity index (χ1) is 12.1. The molecule has 1 unspecified atom stereocenters. The van der Waals surface area contributed by atoms with E-state index >= 15 is 0 Å². The Hall–Kier alpha value is -1.73.